The molecule has 102 valence electrons. The minimum absolute atomic E-state index is 0.0698. The molecule has 6 heteroatoms. The van der Waals surface area contributed by atoms with E-state index in [1.54, 1.807) is 0 Å². The molecule has 6 atom stereocenters. The lowest BCUT2D eigenvalue weighted by molar-refractivity contribution is -0.281. The van der Waals surface area contributed by atoms with Crippen LogP contribution >= 0.6 is 0 Å². The third-order valence-corrected chi connectivity index (χ3v) is 4.14. The fourth-order valence-electron chi connectivity index (χ4n) is 3.11. The van der Waals surface area contributed by atoms with Crippen LogP contribution in [0.2, 0.25) is 0 Å². The Labute approximate surface area is 105 Å². The van der Waals surface area contributed by atoms with Gasteiger partial charge in [0.05, 0.1) is 25.9 Å². The summed E-state index contributed by atoms with van der Waals surface area (Å²) in [5.74, 6) is 0.339. The van der Waals surface area contributed by atoms with Gasteiger partial charge in [-0.05, 0) is 12.8 Å². The van der Waals surface area contributed by atoms with E-state index in [4.69, 9.17) is 28.4 Å². The summed E-state index contributed by atoms with van der Waals surface area (Å²) in [6, 6.07) is 0. The first-order valence-electron chi connectivity index (χ1n) is 6.65. The Hall–Kier alpha value is -0.240. The lowest BCUT2D eigenvalue weighted by Crippen LogP contribution is -2.56. The van der Waals surface area contributed by atoms with E-state index in [2.05, 4.69) is 0 Å². The molecule has 4 heterocycles. The van der Waals surface area contributed by atoms with Gasteiger partial charge < -0.3 is 28.4 Å². The molecule has 18 heavy (non-hydrogen) atoms. The Bertz CT molecular complexity index is 295. The number of hydrogen-bond acceptors (Lipinski definition) is 6. The minimum atomic E-state index is -0.208. The van der Waals surface area contributed by atoms with Crippen molar-refractivity contribution in [3.8, 4) is 0 Å². The molecule has 6 unspecified atom stereocenters. The predicted octanol–water partition coefficient (Wildman–Crippen LogP) is 0.252. The van der Waals surface area contributed by atoms with E-state index in [-0.39, 0.29) is 30.9 Å². The summed E-state index contributed by atoms with van der Waals surface area (Å²) >= 11 is 0. The quantitative estimate of drug-likeness (QED) is 0.672. The van der Waals surface area contributed by atoms with Crippen molar-refractivity contribution >= 4 is 0 Å². The van der Waals surface area contributed by atoms with Gasteiger partial charge >= 0.3 is 0 Å². The van der Waals surface area contributed by atoms with Crippen molar-refractivity contribution in [2.75, 3.05) is 26.6 Å². The molecule has 0 amide bonds. The zero-order chi connectivity index (χ0) is 11.9. The van der Waals surface area contributed by atoms with Gasteiger partial charge in [-0.2, -0.15) is 0 Å². The van der Waals surface area contributed by atoms with Crippen LogP contribution in [0.25, 0.3) is 0 Å². The van der Waals surface area contributed by atoms with Gasteiger partial charge in [-0.25, -0.2) is 0 Å². The van der Waals surface area contributed by atoms with Gasteiger partial charge in [-0.3, -0.25) is 0 Å². The third kappa shape index (κ3) is 1.88. The highest BCUT2D eigenvalue weighted by Crippen LogP contribution is 2.38. The topological polar surface area (TPSA) is 55.4 Å². The maximum Gasteiger partial charge on any atom is 0.189 e. The van der Waals surface area contributed by atoms with Crippen LogP contribution in [0, 0.1) is 5.92 Å². The van der Waals surface area contributed by atoms with E-state index in [1.165, 1.54) is 0 Å². The minimum Gasteiger partial charge on any atom is -0.371 e. The highest BCUT2D eigenvalue weighted by molar-refractivity contribution is 4.92. The second kappa shape index (κ2) is 4.70. The average molecular weight is 258 g/mol. The maximum atomic E-state index is 5.80. The molecule has 0 aliphatic carbocycles. The zero-order valence-electron chi connectivity index (χ0n) is 10.2. The van der Waals surface area contributed by atoms with Gasteiger partial charge in [0, 0.05) is 5.92 Å². The van der Waals surface area contributed by atoms with Crippen LogP contribution in [-0.4, -0.2) is 57.5 Å². The Kier molecular flexibility index (Phi) is 3.02. The van der Waals surface area contributed by atoms with E-state index in [0.29, 0.717) is 32.5 Å². The Balaban J connectivity index is 1.39. The van der Waals surface area contributed by atoms with Gasteiger partial charge in [0.25, 0.3) is 0 Å². The average Bonchev–Trinajstić information content (AvgIpc) is 2.62. The smallest absolute Gasteiger partial charge is 0.189 e. The Morgan fingerprint density at radius 1 is 0.722 bits per heavy atom. The molecule has 0 radical (unpaired) electrons. The second-order valence-electron chi connectivity index (χ2n) is 5.20. The van der Waals surface area contributed by atoms with Crippen molar-refractivity contribution in [3.63, 3.8) is 0 Å². The summed E-state index contributed by atoms with van der Waals surface area (Å²) in [6.45, 7) is 2.27. The first-order valence-corrected chi connectivity index (χ1v) is 6.65. The van der Waals surface area contributed by atoms with E-state index >= 15 is 0 Å². The van der Waals surface area contributed by atoms with E-state index in [0.717, 1.165) is 12.8 Å². The molecular formula is C12H18O6. The number of ether oxygens (including phenoxy) is 6. The van der Waals surface area contributed by atoms with E-state index in [9.17, 15) is 0 Å². The molecule has 4 aliphatic rings. The van der Waals surface area contributed by atoms with Gasteiger partial charge in [0.2, 0.25) is 0 Å². The van der Waals surface area contributed by atoms with Crippen LogP contribution in [0.15, 0.2) is 0 Å². The summed E-state index contributed by atoms with van der Waals surface area (Å²) < 4.78 is 33.5. The molecule has 0 spiro atoms. The summed E-state index contributed by atoms with van der Waals surface area (Å²) in [7, 11) is 0. The van der Waals surface area contributed by atoms with Crippen molar-refractivity contribution in [3.05, 3.63) is 0 Å². The van der Waals surface area contributed by atoms with Gasteiger partial charge in [-0.1, -0.05) is 0 Å². The van der Waals surface area contributed by atoms with Crippen LogP contribution in [0.4, 0.5) is 0 Å². The number of rotatable bonds is 1. The molecule has 0 aromatic carbocycles. The van der Waals surface area contributed by atoms with Crippen molar-refractivity contribution in [2.24, 2.45) is 5.92 Å². The molecule has 4 rings (SSSR count). The standard InChI is InChI=1S/C12H18O6/c1-2-8-11(14-4-3-13-8)15-5-7(1)9-10-12(18-9)17-6-16-10/h7-12H,1-6H2. The normalized spacial score (nSPS) is 52.0. The largest absolute Gasteiger partial charge is 0.371 e. The third-order valence-electron chi connectivity index (χ3n) is 4.14. The molecule has 0 saturated carbocycles. The lowest BCUT2D eigenvalue weighted by Gasteiger charge is -2.41. The molecule has 0 aromatic rings. The molecule has 4 fully saturated rings. The highest BCUT2D eigenvalue weighted by atomic mass is 16.8. The Morgan fingerprint density at radius 2 is 1.67 bits per heavy atom. The maximum absolute atomic E-state index is 5.80. The Morgan fingerprint density at radius 3 is 2.61 bits per heavy atom. The molecule has 0 N–H and O–H groups in total. The van der Waals surface area contributed by atoms with Gasteiger partial charge in [0.1, 0.15) is 12.2 Å². The van der Waals surface area contributed by atoms with Crippen LogP contribution in [0.1, 0.15) is 12.8 Å². The monoisotopic (exact) mass is 258 g/mol. The molecular weight excluding hydrogens is 240 g/mol. The first-order chi connectivity index (χ1) is 8.92. The van der Waals surface area contributed by atoms with Crippen LogP contribution in [0.5, 0.6) is 0 Å². The zero-order valence-corrected chi connectivity index (χ0v) is 10.2. The van der Waals surface area contributed by atoms with Crippen LogP contribution < -0.4 is 0 Å². The van der Waals surface area contributed by atoms with Crippen LogP contribution in [0.3, 0.4) is 0 Å². The number of hydrogen-bond donors (Lipinski definition) is 0. The highest BCUT2D eigenvalue weighted by Gasteiger charge is 2.52. The summed E-state index contributed by atoms with van der Waals surface area (Å²) in [5.41, 5.74) is 0. The molecule has 0 aromatic heterocycles. The first kappa shape index (κ1) is 11.6. The molecule has 0 bridgehead atoms. The molecule has 4 aliphatic heterocycles. The van der Waals surface area contributed by atoms with Gasteiger partial charge in [0.15, 0.2) is 19.4 Å². The predicted molar refractivity (Wildman–Crippen MR) is 57.6 cm³/mol. The SMILES string of the molecule is C1COC2OCC(C3OC4OCOC43)CCC2O1. The van der Waals surface area contributed by atoms with Crippen molar-refractivity contribution < 1.29 is 28.4 Å². The second-order valence-corrected chi connectivity index (χ2v) is 5.20. The van der Waals surface area contributed by atoms with Crippen molar-refractivity contribution in [1.82, 2.24) is 0 Å². The summed E-state index contributed by atoms with van der Waals surface area (Å²) in [6.07, 6.45) is 1.85. The van der Waals surface area contributed by atoms with Gasteiger partial charge in [-0.15, -0.1) is 0 Å². The summed E-state index contributed by atoms with van der Waals surface area (Å²) in [5, 5.41) is 0. The van der Waals surface area contributed by atoms with E-state index in [1.807, 2.05) is 0 Å². The fourth-order valence-corrected chi connectivity index (χ4v) is 3.11. The molecule has 6 nitrogen and oxygen atoms in total. The fraction of sp³-hybridized carbons (Fsp3) is 1.00. The summed E-state index contributed by atoms with van der Waals surface area (Å²) in [4.78, 5) is 0. The number of fused-ring (bicyclic) bond motifs is 2. The van der Waals surface area contributed by atoms with Crippen molar-refractivity contribution in [2.45, 2.75) is 43.7 Å². The van der Waals surface area contributed by atoms with Crippen molar-refractivity contribution in [1.29, 1.82) is 0 Å². The lowest BCUT2D eigenvalue weighted by atomic mass is 9.89. The molecule has 4 saturated heterocycles. The van der Waals surface area contributed by atoms with Crippen LogP contribution in [-0.2, 0) is 28.4 Å². The van der Waals surface area contributed by atoms with E-state index < -0.39 is 0 Å².